The number of anilines is 1. The summed E-state index contributed by atoms with van der Waals surface area (Å²) >= 11 is 1.63. The van der Waals surface area contributed by atoms with E-state index in [1.807, 2.05) is 41.9 Å². The van der Waals surface area contributed by atoms with E-state index >= 15 is 0 Å². The predicted octanol–water partition coefficient (Wildman–Crippen LogP) is 3.55. The second-order valence-electron chi connectivity index (χ2n) is 9.31. The van der Waals surface area contributed by atoms with Crippen LogP contribution < -0.4 is 10.2 Å². The summed E-state index contributed by atoms with van der Waals surface area (Å²) in [5.41, 5.74) is 3.47. The Hall–Kier alpha value is -3.34. The number of fused-ring (bicyclic) bond motifs is 1. The van der Waals surface area contributed by atoms with Crippen LogP contribution in [0, 0.1) is 0 Å². The number of thiophene rings is 1. The number of hydrogen-bond acceptors (Lipinski definition) is 8. The number of nitrogens with zero attached hydrogens (tertiary/aromatic N) is 6. The highest BCUT2D eigenvalue weighted by molar-refractivity contribution is 7.13. The van der Waals surface area contributed by atoms with Crippen LogP contribution in [0.1, 0.15) is 37.6 Å². The number of nitrogens with one attached hydrogen (secondary N) is 1. The molecule has 2 N–H and O–H groups in total. The minimum absolute atomic E-state index is 0.00816. The van der Waals surface area contributed by atoms with Crippen LogP contribution in [0.15, 0.2) is 48.1 Å². The van der Waals surface area contributed by atoms with Crippen LogP contribution in [-0.4, -0.2) is 80.4 Å². The van der Waals surface area contributed by atoms with Gasteiger partial charge >= 0.3 is 0 Å². The van der Waals surface area contributed by atoms with Gasteiger partial charge in [-0.1, -0.05) is 19.9 Å². The smallest absolute Gasteiger partial charge is 0.251 e. The lowest BCUT2D eigenvalue weighted by atomic mass is 10.0. The summed E-state index contributed by atoms with van der Waals surface area (Å²) in [6.07, 6.45) is 4.54. The highest BCUT2D eigenvalue weighted by atomic mass is 32.1. The fourth-order valence-corrected chi connectivity index (χ4v) is 5.49. The van der Waals surface area contributed by atoms with Gasteiger partial charge in [0, 0.05) is 30.9 Å². The minimum Gasteiger partial charge on any atom is -0.394 e. The van der Waals surface area contributed by atoms with E-state index < -0.39 is 0 Å². The summed E-state index contributed by atoms with van der Waals surface area (Å²) in [6.45, 7) is 9.64. The number of hydrogen-bond donors (Lipinski definition) is 2. The molecule has 0 radical (unpaired) electrons. The lowest BCUT2D eigenvalue weighted by molar-refractivity contribution is 0.0938. The first kappa shape index (κ1) is 25.3. The lowest BCUT2D eigenvalue weighted by Gasteiger charge is -2.41. The molecule has 1 aliphatic rings. The first-order chi connectivity index (χ1) is 18.0. The van der Waals surface area contributed by atoms with Gasteiger partial charge in [-0.15, -0.1) is 11.3 Å². The molecule has 1 saturated heterocycles. The van der Waals surface area contributed by atoms with Gasteiger partial charge in [0.05, 0.1) is 40.7 Å². The molecule has 10 heteroatoms. The molecule has 1 fully saturated rings. The second kappa shape index (κ2) is 11.0. The Morgan fingerprint density at radius 1 is 1.24 bits per heavy atom. The highest BCUT2D eigenvalue weighted by Gasteiger charge is 2.30. The molecule has 4 aromatic rings. The molecule has 0 aromatic carbocycles. The summed E-state index contributed by atoms with van der Waals surface area (Å²) < 4.78 is 1.73. The molecule has 0 saturated carbocycles. The van der Waals surface area contributed by atoms with Crippen LogP contribution in [0.2, 0.25) is 0 Å². The van der Waals surface area contributed by atoms with E-state index in [1.54, 1.807) is 22.0 Å². The fraction of sp³-hybridized carbons (Fsp3) is 0.407. The van der Waals surface area contributed by atoms with E-state index in [0.717, 1.165) is 42.2 Å². The molecular weight excluding hydrogens is 486 g/mol. The van der Waals surface area contributed by atoms with Crippen LogP contribution in [0.4, 0.5) is 5.82 Å². The van der Waals surface area contributed by atoms with Gasteiger partial charge in [-0.05, 0) is 56.1 Å². The molecule has 1 amide bonds. The second-order valence-corrected chi connectivity index (χ2v) is 10.3. The number of aromatic nitrogens is 4. The van der Waals surface area contributed by atoms with Gasteiger partial charge in [-0.25, -0.2) is 14.5 Å². The standard InChI is InChI=1S/C27H33N7O2S/c1-4-32(5-2)18(3)15-28-27(36)19-13-23(30-25(14-19)33-10-8-20(33)17-35)21-16-29-34-11-9-22(31-26(21)34)24-7-6-12-37-24/h6-7,9,11-14,16,18,20,35H,4-5,8,10,15,17H2,1-3H3,(H,28,36)/t18?,20-/m0/s1. The third-order valence-electron chi connectivity index (χ3n) is 7.14. The minimum atomic E-state index is -0.145. The van der Waals surface area contributed by atoms with Crippen molar-refractivity contribution in [1.82, 2.24) is 29.8 Å². The van der Waals surface area contributed by atoms with Crippen molar-refractivity contribution in [1.29, 1.82) is 0 Å². The summed E-state index contributed by atoms with van der Waals surface area (Å²) in [4.78, 5) is 28.5. The maximum atomic E-state index is 13.3. The van der Waals surface area contributed by atoms with Crippen molar-refractivity contribution >= 4 is 28.7 Å². The number of rotatable bonds is 10. The third-order valence-corrected chi connectivity index (χ3v) is 8.03. The summed E-state index contributed by atoms with van der Waals surface area (Å²) in [7, 11) is 0. The largest absolute Gasteiger partial charge is 0.394 e. The molecule has 4 aromatic heterocycles. The SMILES string of the molecule is CCN(CC)C(C)CNC(=O)c1cc(-c2cnn3ccc(-c4cccs4)nc23)nc(N2CC[C@H]2CO)c1. The average molecular weight is 520 g/mol. The molecule has 37 heavy (non-hydrogen) atoms. The van der Waals surface area contributed by atoms with Gasteiger partial charge in [-0.3, -0.25) is 9.69 Å². The maximum Gasteiger partial charge on any atom is 0.251 e. The van der Waals surface area contributed by atoms with Gasteiger partial charge in [-0.2, -0.15) is 5.10 Å². The van der Waals surface area contributed by atoms with Crippen molar-refractivity contribution in [3.05, 3.63) is 53.7 Å². The van der Waals surface area contributed by atoms with Gasteiger partial charge in [0.2, 0.25) is 0 Å². The number of carbonyl (C=O) groups excluding carboxylic acids is 1. The molecule has 0 spiro atoms. The fourth-order valence-electron chi connectivity index (χ4n) is 4.79. The summed E-state index contributed by atoms with van der Waals surface area (Å²) in [5.74, 6) is 0.534. The van der Waals surface area contributed by atoms with Crippen molar-refractivity contribution in [2.75, 3.05) is 37.7 Å². The molecule has 1 unspecified atom stereocenters. The van der Waals surface area contributed by atoms with Crippen molar-refractivity contribution < 1.29 is 9.90 Å². The highest BCUT2D eigenvalue weighted by Crippen LogP contribution is 2.31. The average Bonchev–Trinajstić information content (AvgIpc) is 3.57. The zero-order valence-corrected chi connectivity index (χ0v) is 22.3. The van der Waals surface area contributed by atoms with Crippen LogP contribution in [0.3, 0.4) is 0 Å². The molecule has 5 rings (SSSR count). The quantitative estimate of drug-likeness (QED) is 0.331. The van der Waals surface area contributed by atoms with Crippen molar-refractivity contribution in [2.24, 2.45) is 0 Å². The lowest BCUT2D eigenvalue weighted by Crippen LogP contribution is -2.50. The maximum absolute atomic E-state index is 13.3. The first-order valence-electron chi connectivity index (χ1n) is 12.8. The molecule has 0 bridgehead atoms. The number of carbonyl (C=O) groups is 1. The molecule has 1 aliphatic heterocycles. The van der Waals surface area contributed by atoms with E-state index in [9.17, 15) is 9.90 Å². The van der Waals surface area contributed by atoms with Gasteiger partial charge in [0.15, 0.2) is 5.65 Å². The Balaban J connectivity index is 1.51. The number of aliphatic hydroxyl groups excluding tert-OH is 1. The van der Waals surface area contributed by atoms with Crippen LogP contribution in [0.25, 0.3) is 27.5 Å². The number of amides is 1. The van der Waals surface area contributed by atoms with Crippen LogP contribution in [-0.2, 0) is 0 Å². The monoisotopic (exact) mass is 519 g/mol. The van der Waals surface area contributed by atoms with Gasteiger partial charge < -0.3 is 15.3 Å². The molecule has 2 atom stereocenters. The molecular formula is C27H33N7O2S. The summed E-state index contributed by atoms with van der Waals surface area (Å²) in [5, 5.41) is 19.4. The van der Waals surface area contributed by atoms with Crippen molar-refractivity contribution in [3.8, 4) is 21.8 Å². The van der Waals surface area contributed by atoms with E-state index in [-0.39, 0.29) is 24.6 Å². The Morgan fingerprint density at radius 2 is 2.08 bits per heavy atom. The Bertz CT molecular complexity index is 1360. The van der Waals surface area contributed by atoms with Crippen molar-refractivity contribution in [3.63, 3.8) is 0 Å². The first-order valence-corrected chi connectivity index (χ1v) is 13.7. The third kappa shape index (κ3) is 5.09. The Kier molecular flexibility index (Phi) is 7.50. The van der Waals surface area contributed by atoms with Crippen molar-refractivity contribution in [2.45, 2.75) is 39.3 Å². The molecule has 5 heterocycles. The zero-order valence-electron chi connectivity index (χ0n) is 21.5. The Labute approximate surface area is 220 Å². The zero-order chi connectivity index (χ0) is 25.9. The number of aliphatic hydroxyl groups is 1. The van der Waals surface area contributed by atoms with E-state index in [0.29, 0.717) is 29.3 Å². The number of pyridine rings is 1. The Morgan fingerprint density at radius 3 is 2.76 bits per heavy atom. The molecule has 9 nitrogen and oxygen atoms in total. The topological polar surface area (TPSA) is 98.9 Å². The summed E-state index contributed by atoms with van der Waals surface area (Å²) in [6, 6.07) is 9.86. The normalized spacial score (nSPS) is 16.2. The van der Waals surface area contributed by atoms with E-state index in [2.05, 4.69) is 41.0 Å². The van der Waals surface area contributed by atoms with Crippen LogP contribution >= 0.6 is 11.3 Å². The predicted molar refractivity (Wildman–Crippen MR) is 147 cm³/mol. The van der Waals surface area contributed by atoms with Crippen LogP contribution in [0.5, 0.6) is 0 Å². The van der Waals surface area contributed by atoms with Gasteiger partial charge in [0.25, 0.3) is 5.91 Å². The molecule has 194 valence electrons. The number of likely N-dealkylation sites (N-methyl/N-ethyl adjacent to an activating group) is 1. The molecule has 0 aliphatic carbocycles. The van der Waals surface area contributed by atoms with Gasteiger partial charge in [0.1, 0.15) is 5.82 Å². The van der Waals surface area contributed by atoms with E-state index in [4.69, 9.17) is 9.97 Å². The van der Waals surface area contributed by atoms with E-state index in [1.165, 1.54) is 0 Å².